The van der Waals surface area contributed by atoms with Crippen LogP contribution in [0.2, 0.25) is 0 Å². The van der Waals surface area contributed by atoms with Crippen LogP contribution in [0.3, 0.4) is 0 Å². The Morgan fingerprint density at radius 3 is 2.36 bits per heavy atom. The molecule has 6 heteroatoms. The van der Waals surface area contributed by atoms with Gasteiger partial charge in [0.2, 0.25) is 0 Å². The van der Waals surface area contributed by atoms with Crippen molar-refractivity contribution < 1.29 is 9.47 Å². The standard InChI is InChI=1S/C19H25N3O2S/c1-23-17-6-8-18(9-7-17)24-15-5-3-2-4-12-21-19(25)22-16-10-13-20-14-11-16/h6-11,13-14H,2-5,12,15H2,1H3,(H2,20,21,22,25). The van der Waals surface area contributed by atoms with Gasteiger partial charge in [0.1, 0.15) is 11.5 Å². The van der Waals surface area contributed by atoms with E-state index in [0.717, 1.165) is 56.0 Å². The molecule has 0 aliphatic rings. The molecule has 0 aliphatic carbocycles. The lowest BCUT2D eigenvalue weighted by Gasteiger charge is -2.10. The molecule has 0 unspecified atom stereocenters. The number of nitrogens with zero attached hydrogens (tertiary/aromatic N) is 1. The van der Waals surface area contributed by atoms with Crippen molar-refractivity contribution in [3.05, 3.63) is 48.8 Å². The zero-order valence-electron chi connectivity index (χ0n) is 14.5. The summed E-state index contributed by atoms with van der Waals surface area (Å²) in [6, 6.07) is 11.4. The number of methoxy groups -OCH3 is 1. The second kappa shape index (κ2) is 11.3. The van der Waals surface area contributed by atoms with Crippen LogP contribution in [0.4, 0.5) is 5.69 Å². The number of hydrogen-bond donors (Lipinski definition) is 2. The summed E-state index contributed by atoms with van der Waals surface area (Å²) in [6.07, 6.45) is 7.89. The quantitative estimate of drug-likeness (QED) is 0.494. The van der Waals surface area contributed by atoms with E-state index in [9.17, 15) is 0 Å². The molecule has 25 heavy (non-hydrogen) atoms. The van der Waals surface area contributed by atoms with Crippen LogP contribution in [0.15, 0.2) is 48.8 Å². The summed E-state index contributed by atoms with van der Waals surface area (Å²) in [7, 11) is 1.66. The molecule has 0 fully saturated rings. The van der Waals surface area contributed by atoms with Gasteiger partial charge in [-0.15, -0.1) is 0 Å². The maximum Gasteiger partial charge on any atom is 0.170 e. The van der Waals surface area contributed by atoms with Crippen molar-refractivity contribution >= 4 is 23.0 Å². The smallest absolute Gasteiger partial charge is 0.170 e. The number of aromatic nitrogens is 1. The molecule has 134 valence electrons. The number of unbranched alkanes of at least 4 members (excludes halogenated alkanes) is 3. The Balaban J connectivity index is 1.46. The SMILES string of the molecule is COc1ccc(OCCCCCCNC(=S)Nc2ccncc2)cc1. The first-order valence-corrected chi connectivity index (χ1v) is 8.90. The van der Waals surface area contributed by atoms with Crippen LogP contribution in [0.5, 0.6) is 11.5 Å². The van der Waals surface area contributed by atoms with Gasteiger partial charge in [-0.05, 0) is 61.5 Å². The van der Waals surface area contributed by atoms with E-state index >= 15 is 0 Å². The number of hydrogen-bond acceptors (Lipinski definition) is 4. The van der Waals surface area contributed by atoms with Gasteiger partial charge in [-0.3, -0.25) is 4.98 Å². The number of ether oxygens (including phenoxy) is 2. The van der Waals surface area contributed by atoms with Crippen molar-refractivity contribution in [3.63, 3.8) is 0 Å². The number of rotatable bonds is 10. The van der Waals surface area contributed by atoms with E-state index in [4.69, 9.17) is 21.7 Å². The van der Waals surface area contributed by atoms with Crippen molar-refractivity contribution in [2.75, 3.05) is 25.6 Å². The van der Waals surface area contributed by atoms with E-state index < -0.39 is 0 Å². The van der Waals surface area contributed by atoms with Crippen LogP contribution in [0.25, 0.3) is 0 Å². The highest BCUT2D eigenvalue weighted by Crippen LogP contribution is 2.17. The predicted molar refractivity (Wildman–Crippen MR) is 105 cm³/mol. The zero-order valence-corrected chi connectivity index (χ0v) is 15.3. The van der Waals surface area contributed by atoms with Gasteiger partial charge >= 0.3 is 0 Å². The highest BCUT2D eigenvalue weighted by atomic mass is 32.1. The van der Waals surface area contributed by atoms with Gasteiger partial charge in [0, 0.05) is 24.6 Å². The van der Waals surface area contributed by atoms with E-state index in [-0.39, 0.29) is 0 Å². The van der Waals surface area contributed by atoms with Gasteiger partial charge in [0.25, 0.3) is 0 Å². The van der Waals surface area contributed by atoms with Gasteiger partial charge < -0.3 is 20.1 Å². The summed E-state index contributed by atoms with van der Waals surface area (Å²) in [4.78, 5) is 3.97. The molecule has 1 aromatic carbocycles. The van der Waals surface area contributed by atoms with Crippen molar-refractivity contribution in [2.24, 2.45) is 0 Å². The molecule has 2 aromatic rings. The van der Waals surface area contributed by atoms with E-state index in [1.807, 2.05) is 36.4 Å². The first kappa shape index (κ1) is 19.0. The predicted octanol–water partition coefficient (Wildman–Crippen LogP) is 4.02. The van der Waals surface area contributed by atoms with Crippen LogP contribution < -0.4 is 20.1 Å². The molecule has 0 saturated heterocycles. The fraction of sp³-hybridized carbons (Fsp3) is 0.368. The molecular weight excluding hydrogens is 334 g/mol. The molecule has 2 rings (SSSR count). The molecule has 2 N–H and O–H groups in total. The second-order valence-corrected chi connectivity index (χ2v) is 5.96. The highest BCUT2D eigenvalue weighted by molar-refractivity contribution is 7.80. The molecule has 0 amide bonds. The largest absolute Gasteiger partial charge is 0.497 e. The highest BCUT2D eigenvalue weighted by Gasteiger charge is 1.98. The number of benzene rings is 1. The third kappa shape index (κ3) is 7.85. The molecule has 0 bridgehead atoms. The molecule has 0 radical (unpaired) electrons. The maximum atomic E-state index is 5.71. The first-order valence-electron chi connectivity index (χ1n) is 8.49. The van der Waals surface area contributed by atoms with Gasteiger partial charge in [0.05, 0.1) is 13.7 Å². The summed E-state index contributed by atoms with van der Waals surface area (Å²) < 4.78 is 10.8. The monoisotopic (exact) mass is 359 g/mol. The van der Waals surface area contributed by atoms with Crippen LogP contribution in [-0.4, -0.2) is 30.4 Å². The molecule has 5 nitrogen and oxygen atoms in total. The Kier molecular flexibility index (Phi) is 8.55. The molecule has 0 spiro atoms. The Morgan fingerprint density at radius 1 is 0.960 bits per heavy atom. The average molecular weight is 359 g/mol. The van der Waals surface area contributed by atoms with Crippen molar-refractivity contribution in [1.82, 2.24) is 10.3 Å². The van der Waals surface area contributed by atoms with Gasteiger partial charge in [-0.25, -0.2) is 0 Å². The number of pyridine rings is 1. The van der Waals surface area contributed by atoms with Crippen molar-refractivity contribution in [2.45, 2.75) is 25.7 Å². The van der Waals surface area contributed by atoms with Crippen LogP contribution in [0.1, 0.15) is 25.7 Å². The summed E-state index contributed by atoms with van der Waals surface area (Å²) in [5.74, 6) is 1.73. The van der Waals surface area contributed by atoms with Gasteiger partial charge in [-0.1, -0.05) is 12.8 Å². The third-order valence-corrected chi connectivity index (χ3v) is 3.87. The number of thiocarbonyl (C=S) groups is 1. The minimum Gasteiger partial charge on any atom is -0.497 e. The lowest BCUT2D eigenvalue weighted by molar-refractivity contribution is 0.304. The fourth-order valence-electron chi connectivity index (χ4n) is 2.26. The average Bonchev–Trinajstić information content (AvgIpc) is 2.65. The Bertz CT molecular complexity index is 620. The summed E-state index contributed by atoms with van der Waals surface area (Å²) in [6.45, 7) is 1.61. The topological polar surface area (TPSA) is 55.4 Å². The van der Waals surface area contributed by atoms with Crippen LogP contribution in [-0.2, 0) is 0 Å². The molecule has 0 atom stereocenters. The van der Waals surface area contributed by atoms with Gasteiger partial charge in [-0.2, -0.15) is 0 Å². The minimum absolute atomic E-state index is 0.647. The summed E-state index contributed by atoms with van der Waals surface area (Å²) >= 11 is 5.26. The first-order chi connectivity index (χ1) is 12.3. The van der Waals surface area contributed by atoms with Crippen LogP contribution >= 0.6 is 12.2 Å². The lowest BCUT2D eigenvalue weighted by Crippen LogP contribution is -2.29. The van der Waals surface area contributed by atoms with Crippen molar-refractivity contribution in [3.8, 4) is 11.5 Å². The fourth-order valence-corrected chi connectivity index (χ4v) is 2.47. The summed E-state index contributed by atoms with van der Waals surface area (Å²) in [5.41, 5.74) is 0.947. The molecule has 1 heterocycles. The lowest BCUT2D eigenvalue weighted by atomic mass is 10.2. The Morgan fingerprint density at radius 2 is 1.64 bits per heavy atom. The second-order valence-electron chi connectivity index (χ2n) is 5.55. The Hall–Kier alpha value is -2.34. The van der Waals surface area contributed by atoms with Crippen molar-refractivity contribution in [1.29, 1.82) is 0 Å². The zero-order chi connectivity index (χ0) is 17.7. The van der Waals surface area contributed by atoms with Gasteiger partial charge in [0.15, 0.2) is 5.11 Å². The number of anilines is 1. The van der Waals surface area contributed by atoms with E-state index in [0.29, 0.717) is 5.11 Å². The molecule has 0 saturated carbocycles. The third-order valence-electron chi connectivity index (χ3n) is 3.62. The van der Waals surface area contributed by atoms with Crippen LogP contribution in [0, 0.1) is 0 Å². The molecule has 0 aliphatic heterocycles. The minimum atomic E-state index is 0.647. The summed E-state index contributed by atoms with van der Waals surface area (Å²) in [5, 5.41) is 6.99. The van der Waals surface area contributed by atoms with E-state index in [1.54, 1.807) is 19.5 Å². The normalized spacial score (nSPS) is 10.1. The molecule has 1 aromatic heterocycles. The van der Waals surface area contributed by atoms with E-state index in [1.165, 1.54) is 0 Å². The van der Waals surface area contributed by atoms with E-state index in [2.05, 4.69) is 15.6 Å². The maximum absolute atomic E-state index is 5.71. The number of nitrogens with one attached hydrogen (secondary N) is 2. The molecular formula is C19H25N3O2S. The Labute approximate surface area is 154 Å².